The van der Waals surface area contributed by atoms with E-state index in [0.29, 0.717) is 39.6 Å². The van der Waals surface area contributed by atoms with Crippen LogP contribution in [0.25, 0.3) is 33.6 Å². The third-order valence-corrected chi connectivity index (χ3v) is 6.70. The average Bonchev–Trinajstić information content (AvgIpc) is 3.19. The van der Waals surface area contributed by atoms with Gasteiger partial charge in [-0.3, -0.25) is 9.13 Å². The van der Waals surface area contributed by atoms with Gasteiger partial charge in [-0.15, -0.1) is 0 Å². The van der Waals surface area contributed by atoms with E-state index in [1.165, 1.54) is 4.57 Å². The van der Waals surface area contributed by atoms with Crippen molar-refractivity contribution in [2.75, 3.05) is 5.75 Å². The quantitative estimate of drug-likeness (QED) is 0.445. The first-order valence-electron chi connectivity index (χ1n) is 9.60. The number of nitrogens with zero attached hydrogens (tertiary/aromatic N) is 5. The third-order valence-electron chi connectivity index (χ3n) is 5.35. The molecule has 0 saturated carbocycles. The standard InChI is InChI=1S/C20H20F3N5O2S/c1-5-28-15-8-12(16(31(30)6-2)9-14(15)26(3)19(28)29)17-25-13-7-11(20(21,22)23)10-24-18(13)27(17)4/h7-10H,5-6H2,1-4H3. The van der Waals surface area contributed by atoms with Crippen molar-refractivity contribution >= 4 is 33.4 Å². The van der Waals surface area contributed by atoms with Crippen molar-refractivity contribution < 1.29 is 17.7 Å². The van der Waals surface area contributed by atoms with Gasteiger partial charge in [-0.25, -0.2) is 14.8 Å². The lowest BCUT2D eigenvalue weighted by Gasteiger charge is -2.13. The van der Waals surface area contributed by atoms with Gasteiger partial charge in [-0.05, 0) is 37.2 Å². The SMILES string of the molecule is CCn1c(=O)n(C)c2cc([S+]([O-])CC)c(-c3nc4cc(C(F)(F)F)cnc4n3C)cc21. The molecule has 1 atom stereocenters. The van der Waals surface area contributed by atoms with Crippen molar-refractivity contribution in [3.63, 3.8) is 0 Å². The highest BCUT2D eigenvalue weighted by Crippen LogP contribution is 2.35. The van der Waals surface area contributed by atoms with E-state index in [2.05, 4.69) is 9.97 Å². The molecule has 0 saturated heterocycles. The van der Waals surface area contributed by atoms with Gasteiger partial charge in [-0.2, -0.15) is 13.2 Å². The predicted octanol–water partition coefficient (Wildman–Crippen LogP) is 3.45. The highest BCUT2D eigenvalue weighted by atomic mass is 32.2. The Kier molecular flexibility index (Phi) is 5.13. The molecule has 4 aromatic rings. The molecule has 0 N–H and O–H groups in total. The molecule has 1 aromatic carbocycles. The van der Waals surface area contributed by atoms with Gasteiger partial charge in [0.2, 0.25) is 0 Å². The van der Waals surface area contributed by atoms with Crippen LogP contribution in [0.1, 0.15) is 19.4 Å². The van der Waals surface area contributed by atoms with E-state index < -0.39 is 22.9 Å². The maximum absolute atomic E-state index is 13.1. The van der Waals surface area contributed by atoms with Crippen LogP contribution in [-0.4, -0.2) is 34.0 Å². The molecule has 0 radical (unpaired) electrons. The maximum Gasteiger partial charge on any atom is 0.417 e. The minimum absolute atomic E-state index is 0.0848. The zero-order chi connectivity index (χ0) is 22.7. The van der Waals surface area contributed by atoms with Crippen LogP contribution in [0.2, 0.25) is 0 Å². The highest BCUT2D eigenvalue weighted by molar-refractivity contribution is 7.91. The molecule has 0 aliphatic rings. The number of rotatable bonds is 4. The van der Waals surface area contributed by atoms with Crippen LogP contribution in [0.15, 0.2) is 34.1 Å². The predicted molar refractivity (Wildman–Crippen MR) is 112 cm³/mol. The number of pyridine rings is 1. The number of benzene rings is 1. The molecule has 0 aliphatic heterocycles. The zero-order valence-corrected chi connectivity index (χ0v) is 18.1. The number of aromatic nitrogens is 5. The van der Waals surface area contributed by atoms with Crippen molar-refractivity contribution in [3.8, 4) is 11.4 Å². The Hall–Kier alpha value is -2.79. The summed E-state index contributed by atoms with van der Waals surface area (Å²) >= 11 is -1.39. The zero-order valence-electron chi connectivity index (χ0n) is 17.3. The number of imidazole rings is 2. The molecule has 0 fully saturated rings. The van der Waals surface area contributed by atoms with Gasteiger partial charge in [0, 0.05) is 32.9 Å². The lowest BCUT2D eigenvalue weighted by Crippen LogP contribution is -2.21. The molecular weight excluding hydrogens is 431 g/mol. The van der Waals surface area contributed by atoms with Crippen molar-refractivity contribution in [2.45, 2.75) is 31.5 Å². The van der Waals surface area contributed by atoms with E-state index in [-0.39, 0.29) is 16.9 Å². The van der Waals surface area contributed by atoms with Gasteiger partial charge < -0.3 is 9.12 Å². The van der Waals surface area contributed by atoms with Crippen molar-refractivity contribution in [1.29, 1.82) is 0 Å². The van der Waals surface area contributed by atoms with E-state index in [1.54, 1.807) is 42.3 Å². The summed E-state index contributed by atoms with van der Waals surface area (Å²) in [4.78, 5) is 21.4. The minimum atomic E-state index is -4.53. The first-order valence-corrected chi connectivity index (χ1v) is 10.9. The number of alkyl halides is 3. The third kappa shape index (κ3) is 3.32. The molecule has 7 nitrogen and oxygen atoms in total. The number of aryl methyl sites for hydroxylation is 3. The van der Waals surface area contributed by atoms with Crippen LogP contribution in [0.4, 0.5) is 13.2 Å². The van der Waals surface area contributed by atoms with Gasteiger partial charge >= 0.3 is 11.9 Å². The second-order valence-electron chi connectivity index (χ2n) is 7.12. The minimum Gasteiger partial charge on any atom is -0.611 e. The van der Waals surface area contributed by atoms with Gasteiger partial charge in [0.05, 0.1) is 22.2 Å². The number of hydrogen-bond acceptors (Lipinski definition) is 4. The smallest absolute Gasteiger partial charge is 0.417 e. The first kappa shape index (κ1) is 21.4. The summed E-state index contributed by atoms with van der Waals surface area (Å²) in [6.07, 6.45) is -3.76. The van der Waals surface area contributed by atoms with Crippen molar-refractivity contribution in [1.82, 2.24) is 23.7 Å². The summed E-state index contributed by atoms with van der Waals surface area (Å²) in [7, 11) is 3.29. The largest absolute Gasteiger partial charge is 0.611 e. The van der Waals surface area contributed by atoms with E-state index in [4.69, 9.17) is 0 Å². The Balaban J connectivity index is 2.05. The second kappa shape index (κ2) is 7.41. The Bertz CT molecular complexity index is 1370. The summed E-state index contributed by atoms with van der Waals surface area (Å²) in [5, 5.41) is 0. The summed E-state index contributed by atoms with van der Waals surface area (Å²) in [5.41, 5.74) is 1.03. The average molecular weight is 451 g/mol. The van der Waals surface area contributed by atoms with E-state index >= 15 is 0 Å². The molecule has 0 bridgehead atoms. The Morgan fingerprint density at radius 3 is 2.42 bits per heavy atom. The fourth-order valence-electron chi connectivity index (χ4n) is 3.73. The summed E-state index contributed by atoms with van der Waals surface area (Å²) in [6, 6.07) is 4.38. The first-order chi connectivity index (χ1) is 14.6. The maximum atomic E-state index is 13.1. The molecular formula is C20H20F3N5O2S. The summed E-state index contributed by atoms with van der Waals surface area (Å²) in [5.74, 6) is 0.668. The van der Waals surface area contributed by atoms with Gasteiger partial charge in [0.15, 0.2) is 10.5 Å². The fourth-order valence-corrected chi connectivity index (χ4v) is 4.68. The fraction of sp³-hybridized carbons (Fsp3) is 0.350. The number of hydrogen-bond donors (Lipinski definition) is 0. The molecule has 4 rings (SSSR count). The van der Waals surface area contributed by atoms with Gasteiger partial charge in [0.1, 0.15) is 17.1 Å². The van der Waals surface area contributed by atoms with Crippen LogP contribution < -0.4 is 5.69 Å². The second-order valence-corrected chi connectivity index (χ2v) is 8.82. The highest BCUT2D eigenvalue weighted by Gasteiger charge is 2.32. The molecule has 164 valence electrons. The van der Waals surface area contributed by atoms with Crippen LogP contribution in [0.3, 0.4) is 0 Å². The Morgan fingerprint density at radius 2 is 1.81 bits per heavy atom. The van der Waals surface area contributed by atoms with Crippen LogP contribution in [0.5, 0.6) is 0 Å². The molecule has 31 heavy (non-hydrogen) atoms. The van der Waals surface area contributed by atoms with Gasteiger partial charge in [-0.1, -0.05) is 0 Å². The van der Waals surface area contributed by atoms with Crippen molar-refractivity contribution in [3.05, 3.63) is 40.4 Å². The lowest BCUT2D eigenvalue weighted by atomic mass is 10.1. The van der Waals surface area contributed by atoms with Crippen molar-refractivity contribution in [2.24, 2.45) is 14.1 Å². The summed E-state index contributed by atoms with van der Waals surface area (Å²) in [6.45, 7) is 4.05. The van der Waals surface area contributed by atoms with Crippen LogP contribution in [0, 0.1) is 0 Å². The van der Waals surface area contributed by atoms with Crippen LogP contribution in [-0.2, 0) is 38.0 Å². The Morgan fingerprint density at radius 1 is 1.10 bits per heavy atom. The normalized spacial score (nSPS) is 13.4. The molecule has 1 unspecified atom stereocenters. The summed E-state index contributed by atoms with van der Waals surface area (Å²) < 4.78 is 56.8. The number of fused-ring (bicyclic) bond motifs is 2. The van der Waals surface area contributed by atoms with Gasteiger partial charge in [0.25, 0.3) is 0 Å². The van der Waals surface area contributed by atoms with E-state index in [0.717, 1.165) is 12.3 Å². The molecule has 0 spiro atoms. The monoisotopic (exact) mass is 451 g/mol. The molecule has 3 heterocycles. The topological polar surface area (TPSA) is 80.7 Å². The van der Waals surface area contributed by atoms with Crippen LogP contribution >= 0.6 is 0 Å². The van der Waals surface area contributed by atoms with E-state index in [1.807, 2.05) is 6.92 Å². The van der Waals surface area contributed by atoms with E-state index in [9.17, 15) is 22.5 Å². The molecule has 0 amide bonds. The molecule has 3 aromatic heterocycles. The number of halogens is 3. The lowest BCUT2D eigenvalue weighted by molar-refractivity contribution is -0.137. The molecule has 0 aliphatic carbocycles. The Labute approximate surface area is 178 Å². The molecule has 11 heteroatoms.